The van der Waals surface area contributed by atoms with Crippen LogP contribution in [0.25, 0.3) is 11.1 Å². The van der Waals surface area contributed by atoms with Gasteiger partial charge in [0.2, 0.25) is 17.9 Å². The number of rotatable bonds is 9. The van der Waals surface area contributed by atoms with E-state index in [2.05, 4.69) is 15.3 Å². The van der Waals surface area contributed by atoms with Crippen molar-refractivity contribution in [3.63, 3.8) is 0 Å². The fourth-order valence-electron chi connectivity index (χ4n) is 6.58. The summed E-state index contributed by atoms with van der Waals surface area (Å²) in [6, 6.07) is 8.43. The number of nitrogens with two attached hydrogens (primary N) is 1. The number of aromatic nitrogens is 2. The molecule has 14 heteroatoms. The molecule has 0 radical (unpaired) electrons. The molecule has 5 rings (SSSR count). The van der Waals surface area contributed by atoms with Crippen LogP contribution in [0.3, 0.4) is 0 Å². The molecule has 2 aromatic carbocycles. The van der Waals surface area contributed by atoms with Gasteiger partial charge < -0.3 is 30.5 Å². The Hall–Kier alpha value is -3.84. The predicted molar refractivity (Wildman–Crippen MR) is 166 cm³/mol. The second-order valence-corrected chi connectivity index (χ2v) is 12.5. The molecule has 2 saturated heterocycles. The number of benzene rings is 2. The third kappa shape index (κ3) is 7.10. The lowest BCUT2D eigenvalue weighted by molar-refractivity contribution is -0.198. The molecule has 2 fully saturated rings. The normalized spacial score (nSPS) is 20.2. The zero-order chi connectivity index (χ0) is 33.4. The van der Waals surface area contributed by atoms with E-state index < -0.39 is 36.0 Å². The summed E-state index contributed by atoms with van der Waals surface area (Å²) in [7, 11) is 0. The molecule has 0 amide bonds. The van der Waals surface area contributed by atoms with Crippen LogP contribution in [0.4, 0.5) is 29.3 Å². The molecule has 2 unspecified atom stereocenters. The third-order valence-electron chi connectivity index (χ3n) is 8.69. The Morgan fingerprint density at radius 3 is 2.48 bits per heavy atom. The van der Waals surface area contributed by atoms with Gasteiger partial charge in [-0.1, -0.05) is 30.7 Å². The van der Waals surface area contributed by atoms with Gasteiger partial charge in [0, 0.05) is 35.8 Å². The number of nitrogens with one attached hydrogen (secondary N) is 1. The van der Waals surface area contributed by atoms with E-state index in [1.165, 1.54) is 36.4 Å². The molecule has 0 saturated carbocycles. The number of nitrogens with zero attached hydrogens (tertiary/aromatic N) is 3. The van der Waals surface area contributed by atoms with E-state index in [4.69, 9.17) is 26.8 Å². The maximum Gasteiger partial charge on any atom is 0.429 e. The number of hydrogen-bond acceptors (Lipinski definition) is 8. The Morgan fingerprint density at radius 2 is 1.87 bits per heavy atom. The first-order valence-electron chi connectivity index (χ1n) is 15.1. The minimum atomic E-state index is -4.91. The van der Waals surface area contributed by atoms with Crippen molar-refractivity contribution in [3.8, 4) is 22.8 Å². The van der Waals surface area contributed by atoms with Gasteiger partial charge in [-0.15, -0.1) is 0 Å². The van der Waals surface area contributed by atoms with Crippen LogP contribution in [0.5, 0.6) is 11.6 Å². The van der Waals surface area contributed by atoms with Crippen molar-refractivity contribution in [3.05, 3.63) is 58.9 Å². The number of hydrogen-bond donors (Lipinski definition) is 3. The molecule has 3 atom stereocenters. The van der Waals surface area contributed by atoms with Crippen LogP contribution in [0, 0.1) is 11.2 Å². The molecule has 0 aliphatic carbocycles. The molecule has 2 aliphatic rings. The number of alkyl halides is 3. The number of halogens is 5. The summed E-state index contributed by atoms with van der Waals surface area (Å²) in [5, 5.41) is 12.9. The first-order valence-corrected chi connectivity index (χ1v) is 15.4. The zero-order valence-corrected chi connectivity index (χ0v) is 26.3. The summed E-state index contributed by atoms with van der Waals surface area (Å²) in [5.74, 6) is -2.02. The van der Waals surface area contributed by atoms with Crippen LogP contribution < -0.4 is 25.4 Å². The van der Waals surface area contributed by atoms with Crippen molar-refractivity contribution in [2.75, 3.05) is 23.7 Å². The molecule has 248 valence electrons. The maximum atomic E-state index is 14.9. The molecule has 1 spiro atoms. The molecule has 2 aliphatic heterocycles. The quantitative estimate of drug-likeness (QED) is 0.212. The van der Waals surface area contributed by atoms with Crippen LogP contribution in [-0.4, -0.2) is 58.5 Å². The first kappa shape index (κ1) is 33.5. The van der Waals surface area contributed by atoms with E-state index >= 15 is 0 Å². The molecular formula is C32H36ClF4N5O4. The van der Waals surface area contributed by atoms with Gasteiger partial charge in [0.15, 0.2) is 11.6 Å². The second kappa shape index (κ2) is 13.1. The van der Waals surface area contributed by atoms with Gasteiger partial charge in [0.25, 0.3) is 0 Å². The molecule has 46 heavy (non-hydrogen) atoms. The number of carboxylic acid groups (broad SMARTS) is 1. The third-order valence-corrected chi connectivity index (χ3v) is 8.92. The fourth-order valence-corrected chi connectivity index (χ4v) is 6.75. The minimum Gasteiger partial charge on any atom is -0.488 e. The summed E-state index contributed by atoms with van der Waals surface area (Å²) in [4.78, 5) is 21.8. The van der Waals surface area contributed by atoms with Gasteiger partial charge in [-0.25, -0.2) is 4.39 Å². The van der Waals surface area contributed by atoms with Crippen molar-refractivity contribution in [1.82, 2.24) is 15.3 Å². The molecular weight excluding hydrogens is 630 g/mol. The highest BCUT2D eigenvalue weighted by atomic mass is 35.5. The predicted octanol–water partition coefficient (Wildman–Crippen LogP) is 6.80. The standard InChI is InChI=1S/C32H36ClF4N5O4/c1-4-25-31(16-23(39-25)29(43)44)9-11-42(12-10-31)26-15-27(41-30(38)40-26)46-28(32(35,36)37)20-7-6-19(33)14-21(20)18-5-8-24(22(34)13-18)45-17(2)3/h5-8,13-15,17,23,25,28,39H,4,9-12,16H2,1-3H3,(H,43,44)(H2,38,40,41)/t23?,25?,28-/m1/s1. The smallest absolute Gasteiger partial charge is 0.429 e. The van der Waals surface area contributed by atoms with Crippen LogP contribution in [-0.2, 0) is 4.79 Å². The maximum absolute atomic E-state index is 14.9. The Kier molecular flexibility index (Phi) is 9.55. The minimum absolute atomic E-state index is 0.0173. The SMILES string of the molecule is CCC1NC(C(=O)O)CC12CCN(c1cc(O[C@H](c3ccc(Cl)cc3-c3ccc(OC(C)C)c(F)c3)C(F)(F)F)nc(N)n1)CC2. The van der Waals surface area contributed by atoms with E-state index in [1.807, 2.05) is 11.8 Å². The van der Waals surface area contributed by atoms with Crippen LogP contribution >= 0.6 is 11.6 Å². The van der Waals surface area contributed by atoms with Crippen LogP contribution in [0.15, 0.2) is 42.5 Å². The summed E-state index contributed by atoms with van der Waals surface area (Å²) < 4.78 is 69.9. The van der Waals surface area contributed by atoms with Gasteiger partial charge in [-0.3, -0.25) is 4.79 Å². The lowest BCUT2D eigenvalue weighted by Crippen LogP contribution is -2.46. The van der Waals surface area contributed by atoms with Crippen molar-refractivity contribution in [1.29, 1.82) is 0 Å². The first-order chi connectivity index (χ1) is 21.7. The van der Waals surface area contributed by atoms with Gasteiger partial charge in [-0.05, 0) is 80.3 Å². The molecule has 4 N–H and O–H groups in total. The van der Waals surface area contributed by atoms with E-state index in [-0.39, 0.29) is 51.0 Å². The number of carboxylic acids is 1. The van der Waals surface area contributed by atoms with Gasteiger partial charge in [0.1, 0.15) is 11.9 Å². The van der Waals surface area contributed by atoms with Gasteiger partial charge in [0.05, 0.1) is 6.10 Å². The fraction of sp³-hybridized carbons (Fsp3) is 0.469. The molecule has 0 bridgehead atoms. The van der Waals surface area contributed by atoms with Crippen LogP contribution in [0.1, 0.15) is 58.1 Å². The van der Waals surface area contributed by atoms with Gasteiger partial charge in [-0.2, -0.15) is 23.1 Å². The van der Waals surface area contributed by atoms with E-state index in [1.54, 1.807) is 13.8 Å². The highest BCUT2D eigenvalue weighted by Gasteiger charge is 2.50. The van der Waals surface area contributed by atoms with Crippen molar-refractivity contribution < 1.29 is 36.9 Å². The number of ether oxygens (including phenoxy) is 2. The average molecular weight is 666 g/mol. The monoisotopic (exact) mass is 665 g/mol. The Morgan fingerprint density at radius 1 is 1.15 bits per heavy atom. The number of nitrogen functional groups attached to an aromatic ring is 1. The number of anilines is 2. The Bertz CT molecular complexity index is 1580. The Balaban J connectivity index is 1.42. The van der Waals surface area contributed by atoms with Crippen molar-refractivity contribution in [2.45, 2.75) is 76.9 Å². The summed E-state index contributed by atoms with van der Waals surface area (Å²) in [6.45, 7) is 6.46. The summed E-state index contributed by atoms with van der Waals surface area (Å²) in [6.07, 6.45) is -5.12. The van der Waals surface area contributed by atoms with E-state index in [9.17, 15) is 27.5 Å². The number of aliphatic carboxylic acids is 1. The van der Waals surface area contributed by atoms with Crippen molar-refractivity contribution >= 4 is 29.3 Å². The largest absolute Gasteiger partial charge is 0.488 e. The summed E-state index contributed by atoms with van der Waals surface area (Å²) in [5.41, 5.74) is 5.59. The average Bonchev–Trinajstić information content (AvgIpc) is 3.34. The highest BCUT2D eigenvalue weighted by Crippen LogP contribution is 2.46. The highest BCUT2D eigenvalue weighted by molar-refractivity contribution is 6.30. The topological polar surface area (TPSA) is 123 Å². The Labute approximate surface area is 269 Å². The number of piperidine rings is 1. The second-order valence-electron chi connectivity index (χ2n) is 12.1. The molecule has 9 nitrogen and oxygen atoms in total. The molecule has 3 heterocycles. The van der Waals surface area contributed by atoms with Crippen molar-refractivity contribution in [2.24, 2.45) is 5.41 Å². The van der Waals surface area contributed by atoms with E-state index in [0.29, 0.717) is 38.2 Å². The molecule has 3 aromatic rings. The number of carbonyl (C=O) groups is 1. The van der Waals surface area contributed by atoms with E-state index in [0.717, 1.165) is 12.5 Å². The lowest BCUT2D eigenvalue weighted by Gasteiger charge is -2.43. The lowest BCUT2D eigenvalue weighted by atomic mass is 9.71. The van der Waals surface area contributed by atoms with Crippen LogP contribution in [0.2, 0.25) is 5.02 Å². The van der Waals surface area contributed by atoms with Gasteiger partial charge >= 0.3 is 12.1 Å². The summed E-state index contributed by atoms with van der Waals surface area (Å²) >= 11 is 6.18. The molecule has 1 aromatic heterocycles. The zero-order valence-electron chi connectivity index (χ0n) is 25.6.